The highest BCUT2D eigenvalue weighted by molar-refractivity contribution is 5.94. The zero-order valence-electron chi connectivity index (χ0n) is 13.2. The molecule has 1 atom stereocenters. The Morgan fingerprint density at radius 3 is 2.57 bits per heavy atom. The second-order valence-corrected chi connectivity index (χ2v) is 5.62. The van der Waals surface area contributed by atoms with E-state index < -0.39 is 12.0 Å². The van der Waals surface area contributed by atoms with E-state index in [-0.39, 0.29) is 18.1 Å². The Kier molecular flexibility index (Phi) is 5.73. The van der Waals surface area contributed by atoms with Gasteiger partial charge in [-0.3, -0.25) is 9.59 Å². The zero-order valence-corrected chi connectivity index (χ0v) is 13.2. The van der Waals surface area contributed by atoms with Gasteiger partial charge in [0.2, 0.25) is 5.91 Å². The van der Waals surface area contributed by atoms with Crippen LogP contribution >= 0.6 is 0 Å². The first-order valence-electron chi connectivity index (χ1n) is 7.75. The molecule has 0 aliphatic carbocycles. The fourth-order valence-corrected chi connectivity index (χ4v) is 2.66. The van der Waals surface area contributed by atoms with E-state index in [2.05, 4.69) is 0 Å². The number of carboxylic acids is 1. The second kappa shape index (κ2) is 7.76. The number of ether oxygens (including phenoxy) is 1. The minimum atomic E-state index is -0.933. The summed E-state index contributed by atoms with van der Waals surface area (Å²) in [5.74, 6) is -0.420. The summed E-state index contributed by atoms with van der Waals surface area (Å²) in [6, 6.07) is 6.16. The van der Waals surface area contributed by atoms with Gasteiger partial charge in [-0.2, -0.15) is 0 Å². The van der Waals surface area contributed by atoms with Gasteiger partial charge in [0.1, 0.15) is 11.8 Å². The number of aliphatic carboxylic acids is 1. The van der Waals surface area contributed by atoms with Crippen LogP contribution in [0.15, 0.2) is 24.3 Å². The van der Waals surface area contributed by atoms with Crippen molar-refractivity contribution in [2.24, 2.45) is 0 Å². The van der Waals surface area contributed by atoms with Gasteiger partial charge in [-0.15, -0.1) is 0 Å². The summed E-state index contributed by atoms with van der Waals surface area (Å²) in [4.78, 5) is 35.7. The summed E-state index contributed by atoms with van der Waals surface area (Å²) in [5.41, 5.74) is 0.626. The van der Waals surface area contributed by atoms with Gasteiger partial charge in [-0.1, -0.05) is 0 Å². The molecule has 1 aliphatic rings. The molecule has 6 nitrogen and oxygen atoms in total. The van der Waals surface area contributed by atoms with Crippen LogP contribution in [0.25, 0.3) is 0 Å². The van der Waals surface area contributed by atoms with Gasteiger partial charge in [0.15, 0.2) is 5.78 Å². The molecule has 0 aromatic heterocycles. The lowest BCUT2D eigenvalue weighted by atomic mass is 10.1. The highest BCUT2D eigenvalue weighted by atomic mass is 16.5. The molecule has 1 heterocycles. The molecule has 1 aromatic rings. The smallest absolute Gasteiger partial charge is 0.326 e. The van der Waals surface area contributed by atoms with Gasteiger partial charge in [-0.25, -0.2) is 4.79 Å². The van der Waals surface area contributed by atoms with Crippen LogP contribution in [0.2, 0.25) is 0 Å². The lowest BCUT2D eigenvalue weighted by Crippen LogP contribution is -2.40. The molecule has 1 amide bonds. The molecule has 1 N–H and O–H groups in total. The number of benzene rings is 1. The van der Waals surface area contributed by atoms with Crippen molar-refractivity contribution in [3.8, 4) is 5.75 Å². The van der Waals surface area contributed by atoms with E-state index in [0.29, 0.717) is 37.3 Å². The Balaban J connectivity index is 1.73. The van der Waals surface area contributed by atoms with E-state index in [9.17, 15) is 14.4 Å². The van der Waals surface area contributed by atoms with E-state index in [1.807, 2.05) is 0 Å². The van der Waals surface area contributed by atoms with Crippen molar-refractivity contribution in [1.82, 2.24) is 4.90 Å². The molecule has 0 radical (unpaired) electrons. The highest BCUT2D eigenvalue weighted by Crippen LogP contribution is 2.19. The van der Waals surface area contributed by atoms with E-state index in [1.165, 1.54) is 11.8 Å². The fraction of sp³-hybridized carbons (Fsp3) is 0.471. The van der Waals surface area contributed by atoms with Crippen molar-refractivity contribution in [1.29, 1.82) is 0 Å². The first-order valence-corrected chi connectivity index (χ1v) is 7.75. The van der Waals surface area contributed by atoms with Crippen LogP contribution in [0, 0.1) is 0 Å². The van der Waals surface area contributed by atoms with Gasteiger partial charge in [0, 0.05) is 18.5 Å². The van der Waals surface area contributed by atoms with Gasteiger partial charge in [-0.05, 0) is 50.5 Å². The number of hydrogen-bond acceptors (Lipinski definition) is 4. The summed E-state index contributed by atoms with van der Waals surface area (Å²) < 4.78 is 5.53. The Morgan fingerprint density at radius 1 is 1.26 bits per heavy atom. The monoisotopic (exact) mass is 319 g/mol. The normalized spacial score (nSPS) is 17.1. The predicted molar refractivity (Wildman–Crippen MR) is 83.5 cm³/mol. The SMILES string of the molecule is CC(=O)c1ccc(OCCCC(=O)N2CCC[C@@H]2C(=O)O)cc1. The summed E-state index contributed by atoms with van der Waals surface area (Å²) in [5, 5.41) is 9.07. The molecule has 23 heavy (non-hydrogen) atoms. The number of likely N-dealkylation sites (tertiary alicyclic amines) is 1. The van der Waals surface area contributed by atoms with Gasteiger partial charge >= 0.3 is 5.97 Å². The van der Waals surface area contributed by atoms with Crippen LogP contribution in [0.3, 0.4) is 0 Å². The third-order valence-corrected chi connectivity index (χ3v) is 3.92. The van der Waals surface area contributed by atoms with Crippen molar-refractivity contribution in [3.05, 3.63) is 29.8 Å². The minimum Gasteiger partial charge on any atom is -0.494 e. The van der Waals surface area contributed by atoms with Crippen LogP contribution in [0.4, 0.5) is 0 Å². The molecule has 0 spiro atoms. The lowest BCUT2D eigenvalue weighted by Gasteiger charge is -2.21. The summed E-state index contributed by atoms with van der Waals surface area (Å²) >= 11 is 0. The number of carbonyl (C=O) groups excluding carboxylic acids is 2. The lowest BCUT2D eigenvalue weighted by molar-refractivity contribution is -0.148. The van der Waals surface area contributed by atoms with Crippen molar-refractivity contribution in [2.75, 3.05) is 13.2 Å². The maximum absolute atomic E-state index is 12.1. The first-order chi connectivity index (χ1) is 11.0. The molecule has 1 aliphatic heterocycles. The molecule has 0 unspecified atom stereocenters. The number of nitrogens with zero attached hydrogens (tertiary/aromatic N) is 1. The zero-order chi connectivity index (χ0) is 16.8. The molecular formula is C17H21NO5. The summed E-state index contributed by atoms with van der Waals surface area (Å²) in [6.07, 6.45) is 2.06. The molecule has 1 aromatic carbocycles. The second-order valence-electron chi connectivity index (χ2n) is 5.62. The van der Waals surface area contributed by atoms with Gasteiger partial charge < -0.3 is 14.7 Å². The molecule has 6 heteroatoms. The van der Waals surface area contributed by atoms with E-state index in [1.54, 1.807) is 24.3 Å². The largest absolute Gasteiger partial charge is 0.494 e. The Hall–Kier alpha value is -2.37. The Bertz CT molecular complexity index is 581. The van der Waals surface area contributed by atoms with Crippen LogP contribution < -0.4 is 4.74 Å². The third-order valence-electron chi connectivity index (χ3n) is 3.92. The maximum Gasteiger partial charge on any atom is 0.326 e. The fourth-order valence-electron chi connectivity index (χ4n) is 2.66. The van der Waals surface area contributed by atoms with Crippen molar-refractivity contribution in [3.63, 3.8) is 0 Å². The Morgan fingerprint density at radius 2 is 1.96 bits per heavy atom. The van der Waals surface area contributed by atoms with E-state index in [0.717, 1.165) is 6.42 Å². The molecule has 0 saturated carbocycles. The maximum atomic E-state index is 12.1. The number of hydrogen-bond donors (Lipinski definition) is 1. The molecule has 0 bridgehead atoms. The van der Waals surface area contributed by atoms with Crippen LogP contribution in [-0.4, -0.2) is 46.9 Å². The number of rotatable bonds is 7. The van der Waals surface area contributed by atoms with Crippen molar-refractivity contribution >= 4 is 17.7 Å². The van der Waals surface area contributed by atoms with Crippen molar-refractivity contribution in [2.45, 2.75) is 38.6 Å². The summed E-state index contributed by atoms with van der Waals surface area (Å²) in [6.45, 7) is 2.39. The number of carbonyl (C=O) groups is 3. The minimum absolute atomic E-state index is 0.000689. The van der Waals surface area contributed by atoms with E-state index >= 15 is 0 Å². The quantitative estimate of drug-likeness (QED) is 0.615. The highest BCUT2D eigenvalue weighted by Gasteiger charge is 2.33. The Labute approximate surface area is 135 Å². The molecule has 2 rings (SSSR count). The number of carboxylic acid groups (broad SMARTS) is 1. The average Bonchev–Trinajstić information content (AvgIpc) is 3.01. The van der Waals surface area contributed by atoms with Crippen LogP contribution in [0.1, 0.15) is 43.0 Å². The van der Waals surface area contributed by atoms with Crippen LogP contribution in [-0.2, 0) is 9.59 Å². The van der Waals surface area contributed by atoms with Crippen LogP contribution in [0.5, 0.6) is 5.75 Å². The molecule has 1 saturated heterocycles. The molecule has 1 fully saturated rings. The number of Topliss-reactive ketones (excluding diaryl/α,β-unsaturated/α-hetero) is 1. The molecule has 124 valence electrons. The standard InChI is InChI=1S/C17H21NO5/c1-12(19)13-6-8-14(9-7-13)23-11-3-5-16(20)18-10-2-4-15(18)17(21)22/h6-9,15H,2-5,10-11H2,1H3,(H,21,22)/t15-/m1/s1. The topological polar surface area (TPSA) is 83.9 Å². The third kappa shape index (κ3) is 4.55. The van der Waals surface area contributed by atoms with Gasteiger partial charge in [0.25, 0.3) is 0 Å². The van der Waals surface area contributed by atoms with Crippen molar-refractivity contribution < 1.29 is 24.2 Å². The summed E-state index contributed by atoms with van der Waals surface area (Å²) in [7, 11) is 0. The first kappa shape index (κ1) is 17.0. The average molecular weight is 319 g/mol. The number of ketones is 1. The van der Waals surface area contributed by atoms with Gasteiger partial charge in [0.05, 0.1) is 6.61 Å². The molecular weight excluding hydrogens is 298 g/mol. The number of amides is 1. The van der Waals surface area contributed by atoms with E-state index in [4.69, 9.17) is 9.84 Å². The predicted octanol–water partition coefficient (Wildman–Crippen LogP) is 2.12.